The molecule has 0 aliphatic carbocycles. The van der Waals surface area contributed by atoms with E-state index in [1.165, 1.54) is 15.7 Å². The van der Waals surface area contributed by atoms with Gasteiger partial charge in [0.1, 0.15) is 6.04 Å². The molecule has 1 saturated heterocycles. The van der Waals surface area contributed by atoms with E-state index in [1.54, 1.807) is 19.3 Å². The maximum atomic E-state index is 12.0. The molecule has 112 valence electrons. The molecule has 3 heterocycles. The minimum Gasteiger partial charge on any atom is -0.358 e. The van der Waals surface area contributed by atoms with Crippen molar-refractivity contribution in [3.05, 3.63) is 33.7 Å². The molecule has 0 saturated carbocycles. The van der Waals surface area contributed by atoms with E-state index < -0.39 is 0 Å². The van der Waals surface area contributed by atoms with Gasteiger partial charge in [0.15, 0.2) is 4.96 Å². The Balaban J connectivity index is 1.85. The van der Waals surface area contributed by atoms with Gasteiger partial charge in [-0.15, -0.1) is 11.3 Å². The molecule has 0 bridgehead atoms. The highest BCUT2D eigenvalue weighted by Gasteiger charge is 2.28. The van der Waals surface area contributed by atoms with Crippen LogP contribution in [0.2, 0.25) is 0 Å². The number of piperazine rings is 1. The van der Waals surface area contributed by atoms with Gasteiger partial charge in [0.25, 0.3) is 5.56 Å². The number of aromatic nitrogens is 2. The van der Waals surface area contributed by atoms with E-state index in [9.17, 15) is 9.59 Å². The lowest BCUT2D eigenvalue weighted by molar-refractivity contribution is -0.126. The molecule has 21 heavy (non-hydrogen) atoms. The number of carbonyl (C=O) groups excluding carboxylic acids is 1. The van der Waals surface area contributed by atoms with Crippen molar-refractivity contribution in [2.24, 2.45) is 0 Å². The fourth-order valence-corrected chi connectivity index (χ4v) is 3.28. The van der Waals surface area contributed by atoms with Crippen molar-refractivity contribution in [3.8, 4) is 0 Å². The summed E-state index contributed by atoms with van der Waals surface area (Å²) < 4.78 is 1.53. The quantitative estimate of drug-likeness (QED) is 0.782. The molecule has 0 radical (unpaired) electrons. The number of hydrogen-bond acceptors (Lipinski definition) is 6. The predicted molar refractivity (Wildman–Crippen MR) is 80.5 cm³/mol. The summed E-state index contributed by atoms with van der Waals surface area (Å²) in [5.74, 6) is -0.0175. The van der Waals surface area contributed by atoms with Crippen LogP contribution in [-0.4, -0.2) is 52.9 Å². The summed E-state index contributed by atoms with van der Waals surface area (Å²) in [7, 11) is 1.64. The van der Waals surface area contributed by atoms with Gasteiger partial charge in [0, 0.05) is 50.9 Å². The molecule has 3 rings (SSSR count). The van der Waals surface area contributed by atoms with Gasteiger partial charge in [-0.3, -0.25) is 18.9 Å². The highest BCUT2D eigenvalue weighted by atomic mass is 32.1. The van der Waals surface area contributed by atoms with E-state index in [0.29, 0.717) is 23.7 Å². The van der Waals surface area contributed by atoms with Crippen molar-refractivity contribution < 1.29 is 4.79 Å². The van der Waals surface area contributed by atoms with Crippen LogP contribution in [-0.2, 0) is 11.3 Å². The van der Waals surface area contributed by atoms with Crippen LogP contribution in [0.5, 0.6) is 0 Å². The fraction of sp³-hybridized carbons (Fsp3) is 0.462. The van der Waals surface area contributed by atoms with Crippen molar-refractivity contribution in [2.45, 2.75) is 12.6 Å². The normalized spacial score (nSPS) is 19.8. The van der Waals surface area contributed by atoms with E-state index in [2.05, 4.69) is 20.5 Å². The first kappa shape index (κ1) is 14.2. The van der Waals surface area contributed by atoms with E-state index >= 15 is 0 Å². The average molecular weight is 307 g/mol. The van der Waals surface area contributed by atoms with Crippen LogP contribution in [0.3, 0.4) is 0 Å². The maximum Gasteiger partial charge on any atom is 0.258 e. The zero-order valence-corrected chi connectivity index (χ0v) is 12.5. The number of likely N-dealkylation sites (N-methyl/N-ethyl adjacent to an activating group) is 1. The molecule has 0 aromatic carbocycles. The van der Waals surface area contributed by atoms with E-state index in [4.69, 9.17) is 0 Å². The van der Waals surface area contributed by atoms with E-state index in [-0.39, 0.29) is 17.5 Å². The Bertz CT molecular complexity index is 710. The molecule has 8 heteroatoms. The number of amides is 1. The number of carbonyl (C=O) groups is 1. The summed E-state index contributed by atoms with van der Waals surface area (Å²) in [6.45, 7) is 2.70. The molecule has 0 spiro atoms. The summed E-state index contributed by atoms with van der Waals surface area (Å²) in [5, 5.41) is 7.74. The average Bonchev–Trinajstić information content (AvgIpc) is 2.96. The third-order valence-corrected chi connectivity index (χ3v) is 4.38. The van der Waals surface area contributed by atoms with Gasteiger partial charge in [-0.25, -0.2) is 4.98 Å². The first-order valence-corrected chi connectivity index (χ1v) is 7.69. The third-order valence-electron chi connectivity index (χ3n) is 3.62. The standard InChI is InChI=1S/C13H17N5O2S/c1-14-12(20)10-7-15-2-3-17(10)8-9-6-11(19)18-4-5-21-13(18)16-9/h4-6,10,15H,2-3,7-8H2,1H3,(H,14,20). The Morgan fingerprint density at radius 1 is 1.62 bits per heavy atom. The first-order valence-electron chi connectivity index (χ1n) is 6.81. The number of nitrogens with one attached hydrogen (secondary N) is 2. The predicted octanol–water partition coefficient (Wildman–Crippen LogP) is -0.724. The Morgan fingerprint density at radius 2 is 2.48 bits per heavy atom. The Labute approximate surface area is 125 Å². The van der Waals surface area contributed by atoms with E-state index in [0.717, 1.165) is 13.1 Å². The molecule has 2 aromatic rings. The van der Waals surface area contributed by atoms with Gasteiger partial charge in [0.2, 0.25) is 5.91 Å². The molecule has 1 aliphatic rings. The molecular formula is C13H17N5O2S. The summed E-state index contributed by atoms with van der Waals surface area (Å²) in [6, 6.07) is 1.31. The lowest BCUT2D eigenvalue weighted by Crippen LogP contribution is -2.57. The smallest absolute Gasteiger partial charge is 0.258 e. The van der Waals surface area contributed by atoms with Crippen LogP contribution in [0.1, 0.15) is 5.69 Å². The molecule has 1 atom stereocenters. The highest BCUT2D eigenvalue weighted by Crippen LogP contribution is 2.11. The maximum absolute atomic E-state index is 12.0. The van der Waals surface area contributed by atoms with Gasteiger partial charge in [-0.2, -0.15) is 0 Å². The second-order valence-electron chi connectivity index (χ2n) is 4.95. The van der Waals surface area contributed by atoms with Gasteiger partial charge < -0.3 is 10.6 Å². The van der Waals surface area contributed by atoms with Gasteiger partial charge in [0.05, 0.1) is 5.69 Å². The number of fused-ring (bicyclic) bond motifs is 1. The minimum absolute atomic E-state index is 0.0175. The van der Waals surface area contributed by atoms with Crippen LogP contribution >= 0.6 is 11.3 Å². The van der Waals surface area contributed by atoms with Crippen LogP contribution < -0.4 is 16.2 Å². The molecule has 1 amide bonds. The van der Waals surface area contributed by atoms with Crippen molar-refractivity contribution in [2.75, 3.05) is 26.7 Å². The number of nitrogens with zero attached hydrogens (tertiary/aromatic N) is 3. The Hall–Kier alpha value is -1.77. The van der Waals surface area contributed by atoms with Crippen molar-refractivity contribution in [1.29, 1.82) is 0 Å². The summed E-state index contributed by atoms with van der Waals surface area (Å²) in [5.41, 5.74) is 0.626. The summed E-state index contributed by atoms with van der Waals surface area (Å²) >= 11 is 1.43. The van der Waals surface area contributed by atoms with Crippen LogP contribution in [0.4, 0.5) is 0 Å². The highest BCUT2D eigenvalue weighted by molar-refractivity contribution is 7.15. The largest absolute Gasteiger partial charge is 0.358 e. The second kappa shape index (κ2) is 5.92. The molecule has 2 N–H and O–H groups in total. The summed E-state index contributed by atoms with van der Waals surface area (Å²) in [6.07, 6.45) is 1.72. The van der Waals surface area contributed by atoms with Gasteiger partial charge in [-0.1, -0.05) is 0 Å². The fourth-order valence-electron chi connectivity index (χ4n) is 2.54. The second-order valence-corrected chi connectivity index (χ2v) is 5.82. The zero-order chi connectivity index (χ0) is 14.8. The van der Waals surface area contributed by atoms with Crippen molar-refractivity contribution >= 4 is 22.2 Å². The zero-order valence-electron chi connectivity index (χ0n) is 11.7. The lowest BCUT2D eigenvalue weighted by Gasteiger charge is -2.34. The van der Waals surface area contributed by atoms with Crippen LogP contribution in [0, 0.1) is 0 Å². The van der Waals surface area contributed by atoms with Crippen LogP contribution in [0.15, 0.2) is 22.4 Å². The molecule has 1 aliphatic heterocycles. The molecular weight excluding hydrogens is 290 g/mol. The van der Waals surface area contributed by atoms with Crippen molar-refractivity contribution in [3.63, 3.8) is 0 Å². The van der Waals surface area contributed by atoms with E-state index in [1.807, 2.05) is 5.38 Å². The number of rotatable bonds is 3. The monoisotopic (exact) mass is 307 g/mol. The van der Waals surface area contributed by atoms with Crippen LogP contribution in [0.25, 0.3) is 4.96 Å². The number of hydrogen-bond donors (Lipinski definition) is 2. The lowest BCUT2D eigenvalue weighted by atomic mass is 10.1. The molecule has 1 unspecified atom stereocenters. The third kappa shape index (κ3) is 2.82. The first-order chi connectivity index (χ1) is 10.2. The van der Waals surface area contributed by atoms with Crippen molar-refractivity contribution in [1.82, 2.24) is 24.9 Å². The molecule has 7 nitrogen and oxygen atoms in total. The van der Waals surface area contributed by atoms with Gasteiger partial charge >= 0.3 is 0 Å². The van der Waals surface area contributed by atoms with Gasteiger partial charge in [-0.05, 0) is 0 Å². The SMILES string of the molecule is CNC(=O)C1CNCCN1Cc1cc(=O)n2ccsc2n1. The number of thiazole rings is 1. The molecule has 2 aromatic heterocycles. The Morgan fingerprint density at radius 3 is 3.29 bits per heavy atom. The Kier molecular flexibility index (Phi) is 4.00. The minimum atomic E-state index is -0.229. The topological polar surface area (TPSA) is 78.7 Å². The molecule has 1 fully saturated rings. The summed E-state index contributed by atoms with van der Waals surface area (Å²) in [4.78, 5) is 31.2.